The molecule has 1 atom stereocenters. The van der Waals surface area contributed by atoms with E-state index < -0.39 is 12.3 Å². The Labute approximate surface area is 240 Å². The van der Waals surface area contributed by atoms with E-state index in [9.17, 15) is 9.59 Å². The molecule has 0 aliphatic carbocycles. The molecule has 1 N–H and O–H groups in total. The van der Waals surface area contributed by atoms with Crippen LogP contribution in [0.15, 0.2) is 36.4 Å². The monoisotopic (exact) mass is 577 g/mol. The number of ether oxygens (including phenoxy) is 2. The molecule has 39 heavy (non-hydrogen) atoms. The van der Waals surface area contributed by atoms with Crippen LogP contribution in [0.25, 0.3) is 0 Å². The lowest BCUT2D eigenvalue weighted by Gasteiger charge is -2.36. The standard InChI is InChI=1S/C28H37Cl2N5O4/c1-20(39-28(37)32(3)31-2)35-25-19-22(11-9-21(25)10-12-26(35)36)38-18-5-4-13-33-14-16-34(17-15-33)24-8-6-7-23(29)27(24)30/h6-9,11,19-20,31H,4-5,10,12-18H2,1-3H3. The Morgan fingerprint density at radius 3 is 2.59 bits per heavy atom. The molecule has 2 aromatic carbocycles. The minimum atomic E-state index is -0.745. The van der Waals surface area contributed by atoms with Gasteiger partial charge in [0.15, 0.2) is 6.23 Å². The van der Waals surface area contributed by atoms with Crippen molar-refractivity contribution >= 4 is 46.6 Å². The van der Waals surface area contributed by atoms with Gasteiger partial charge in [-0.25, -0.2) is 15.2 Å². The Kier molecular flexibility index (Phi) is 10.2. The number of hydrazine groups is 1. The quantitative estimate of drug-likeness (QED) is 0.321. The first-order valence-corrected chi connectivity index (χ1v) is 14.1. The second kappa shape index (κ2) is 13.6. The van der Waals surface area contributed by atoms with Crippen molar-refractivity contribution in [3.05, 3.63) is 52.0 Å². The van der Waals surface area contributed by atoms with Crippen LogP contribution >= 0.6 is 23.2 Å². The number of benzene rings is 2. The normalized spacial score (nSPS) is 16.6. The molecule has 1 unspecified atom stereocenters. The van der Waals surface area contributed by atoms with Crippen molar-refractivity contribution in [3.63, 3.8) is 0 Å². The molecule has 0 spiro atoms. The number of carbonyl (C=O) groups excluding carboxylic acids is 2. The van der Waals surface area contributed by atoms with E-state index in [0.29, 0.717) is 35.2 Å². The molecule has 1 fully saturated rings. The van der Waals surface area contributed by atoms with Crippen molar-refractivity contribution in [1.82, 2.24) is 15.3 Å². The molecule has 212 valence electrons. The van der Waals surface area contributed by atoms with Crippen LogP contribution in [-0.4, -0.2) is 81.6 Å². The summed E-state index contributed by atoms with van der Waals surface area (Å²) >= 11 is 12.6. The summed E-state index contributed by atoms with van der Waals surface area (Å²) in [4.78, 5) is 31.3. The largest absolute Gasteiger partial charge is 0.494 e. The van der Waals surface area contributed by atoms with Crippen molar-refractivity contribution in [3.8, 4) is 5.75 Å². The molecule has 2 aliphatic heterocycles. The van der Waals surface area contributed by atoms with Gasteiger partial charge in [0.05, 0.1) is 28.0 Å². The zero-order valence-electron chi connectivity index (χ0n) is 22.8. The number of hydrogen-bond acceptors (Lipinski definition) is 7. The Morgan fingerprint density at radius 1 is 1.08 bits per heavy atom. The van der Waals surface area contributed by atoms with Crippen LogP contribution in [0.1, 0.15) is 31.7 Å². The zero-order chi connectivity index (χ0) is 27.9. The van der Waals surface area contributed by atoms with Gasteiger partial charge in [-0.2, -0.15) is 0 Å². The van der Waals surface area contributed by atoms with Crippen LogP contribution in [-0.2, 0) is 16.0 Å². The lowest BCUT2D eigenvalue weighted by atomic mass is 10.0. The van der Waals surface area contributed by atoms with Crippen LogP contribution in [0.5, 0.6) is 5.75 Å². The number of amides is 2. The summed E-state index contributed by atoms with van der Waals surface area (Å²) < 4.78 is 11.5. The van der Waals surface area contributed by atoms with Crippen molar-refractivity contribution in [2.24, 2.45) is 0 Å². The summed E-state index contributed by atoms with van der Waals surface area (Å²) in [5.41, 5.74) is 5.46. The summed E-state index contributed by atoms with van der Waals surface area (Å²) in [7, 11) is 3.18. The number of aryl methyl sites for hydroxylation is 1. The van der Waals surface area contributed by atoms with Gasteiger partial charge in [0.2, 0.25) is 5.91 Å². The topological polar surface area (TPSA) is 77.6 Å². The lowest BCUT2D eigenvalue weighted by molar-refractivity contribution is -0.120. The first-order chi connectivity index (χ1) is 18.8. The highest BCUT2D eigenvalue weighted by Crippen LogP contribution is 2.34. The van der Waals surface area contributed by atoms with E-state index in [1.165, 1.54) is 5.01 Å². The van der Waals surface area contributed by atoms with Gasteiger partial charge in [0.25, 0.3) is 0 Å². The van der Waals surface area contributed by atoms with Crippen molar-refractivity contribution in [1.29, 1.82) is 0 Å². The molecular formula is C28H37Cl2N5O4. The van der Waals surface area contributed by atoms with E-state index in [0.717, 1.165) is 62.5 Å². The SMILES string of the molecule is CNN(C)C(=O)OC(C)N1C(=O)CCc2ccc(OCCCCN3CCN(c4cccc(Cl)c4Cl)CC3)cc21. The van der Waals surface area contributed by atoms with Crippen LogP contribution in [0.3, 0.4) is 0 Å². The van der Waals surface area contributed by atoms with Gasteiger partial charge in [-0.3, -0.25) is 14.6 Å². The summed E-state index contributed by atoms with van der Waals surface area (Å²) in [6, 6.07) is 11.6. The highest BCUT2D eigenvalue weighted by atomic mass is 35.5. The van der Waals surface area contributed by atoms with Gasteiger partial charge in [-0.05, 0) is 56.5 Å². The molecule has 0 radical (unpaired) electrons. The third-order valence-electron chi connectivity index (χ3n) is 7.22. The number of rotatable bonds is 10. The number of nitrogens with one attached hydrogen (secondary N) is 1. The zero-order valence-corrected chi connectivity index (χ0v) is 24.3. The second-order valence-electron chi connectivity index (χ2n) is 9.78. The fourth-order valence-corrected chi connectivity index (χ4v) is 5.32. The number of piperazine rings is 1. The van der Waals surface area contributed by atoms with Gasteiger partial charge >= 0.3 is 6.09 Å². The smallest absolute Gasteiger partial charge is 0.425 e. The fraction of sp³-hybridized carbons (Fsp3) is 0.500. The number of halogens is 2. The highest BCUT2D eigenvalue weighted by molar-refractivity contribution is 6.43. The first kappa shape index (κ1) is 29.3. The maximum atomic E-state index is 12.8. The van der Waals surface area contributed by atoms with Gasteiger partial charge in [-0.15, -0.1) is 0 Å². The minimum Gasteiger partial charge on any atom is -0.494 e. The number of unbranched alkanes of at least 4 members (excludes halogenated alkanes) is 1. The second-order valence-corrected chi connectivity index (χ2v) is 10.6. The molecular weight excluding hydrogens is 541 g/mol. The van der Waals surface area contributed by atoms with E-state index in [4.69, 9.17) is 32.7 Å². The number of anilines is 2. The Balaban J connectivity index is 1.23. The maximum Gasteiger partial charge on any atom is 0.425 e. The van der Waals surface area contributed by atoms with Crippen molar-refractivity contribution in [2.75, 3.05) is 63.2 Å². The average Bonchev–Trinajstić information content (AvgIpc) is 2.94. The molecule has 0 saturated carbocycles. The van der Waals surface area contributed by atoms with Gasteiger partial charge < -0.3 is 14.4 Å². The molecule has 2 amide bonds. The molecule has 2 heterocycles. The molecule has 4 rings (SSSR count). The average molecular weight is 579 g/mol. The molecule has 11 heteroatoms. The van der Waals surface area contributed by atoms with E-state index in [-0.39, 0.29) is 5.91 Å². The number of nitrogens with zero attached hydrogens (tertiary/aromatic N) is 4. The van der Waals surface area contributed by atoms with Crippen molar-refractivity contribution in [2.45, 2.75) is 38.8 Å². The van der Waals surface area contributed by atoms with Crippen LogP contribution in [0.2, 0.25) is 10.0 Å². The van der Waals surface area contributed by atoms with Crippen molar-refractivity contribution < 1.29 is 19.1 Å². The Morgan fingerprint density at radius 2 is 1.85 bits per heavy atom. The minimum absolute atomic E-state index is 0.0789. The van der Waals surface area contributed by atoms with Gasteiger partial charge in [0.1, 0.15) is 5.75 Å². The maximum absolute atomic E-state index is 12.8. The van der Waals surface area contributed by atoms with Crippen LogP contribution < -0.4 is 20.0 Å². The van der Waals surface area contributed by atoms with E-state index in [2.05, 4.69) is 15.2 Å². The predicted molar refractivity (Wildman–Crippen MR) is 155 cm³/mol. The summed E-state index contributed by atoms with van der Waals surface area (Å²) in [5.74, 6) is 0.621. The highest BCUT2D eigenvalue weighted by Gasteiger charge is 2.31. The van der Waals surface area contributed by atoms with E-state index in [1.807, 2.05) is 36.4 Å². The summed E-state index contributed by atoms with van der Waals surface area (Å²) in [5, 5.41) is 2.43. The van der Waals surface area contributed by atoms with Gasteiger partial charge in [0, 0.05) is 52.8 Å². The number of fused-ring (bicyclic) bond motifs is 1. The molecule has 2 aromatic rings. The summed E-state index contributed by atoms with van der Waals surface area (Å²) in [6.07, 6.45) is 1.66. The molecule has 0 bridgehead atoms. The molecule has 1 saturated heterocycles. The number of hydrogen-bond donors (Lipinski definition) is 1. The lowest BCUT2D eigenvalue weighted by Crippen LogP contribution is -2.47. The Bertz CT molecular complexity index is 1160. The van der Waals surface area contributed by atoms with Crippen LogP contribution in [0.4, 0.5) is 16.2 Å². The molecule has 0 aromatic heterocycles. The summed E-state index contributed by atoms with van der Waals surface area (Å²) in [6.45, 7) is 7.08. The Hall–Kier alpha value is -2.72. The molecule has 2 aliphatic rings. The van der Waals surface area contributed by atoms with E-state index in [1.54, 1.807) is 25.9 Å². The fourth-order valence-electron chi connectivity index (χ4n) is 4.91. The third-order valence-corrected chi connectivity index (χ3v) is 8.03. The number of carbonyl (C=O) groups is 2. The molecule has 9 nitrogen and oxygen atoms in total. The third kappa shape index (κ3) is 7.28. The van der Waals surface area contributed by atoms with Gasteiger partial charge in [-0.1, -0.05) is 35.3 Å². The first-order valence-electron chi connectivity index (χ1n) is 13.4. The predicted octanol–water partition coefficient (Wildman–Crippen LogP) is 4.80. The van der Waals surface area contributed by atoms with E-state index >= 15 is 0 Å². The van der Waals surface area contributed by atoms with Crippen LogP contribution in [0, 0.1) is 0 Å².